The molecule has 1 aromatic carbocycles. The Morgan fingerprint density at radius 3 is 2.27 bits per heavy atom. The molecule has 2 rings (SSSR count). The van der Waals surface area contributed by atoms with Gasteiger partial charge in [0.25, 0.3) is 0 Å². The standard InChI is InChI=1S/C20H35N3O.2ClH/c1-4-7-8-9-19(23-14-12-21-13-15-23)18-11-10-17(16-20(18)24)22(5-2)6-3;;/h10-11,16,19,21,24H,4-9,12-15H2,1-3H3;2*1H/t19-;;/m0../s1. The summed E-state index contributed by atoms with van der Waals surface area (Å²) in [6.07, 6.45) is 4.86. The molecule has 0 saturated carbocycles. The zero-order chi connectivity index (χ0) is 17.4. The topological polar surface area (TPSA) is 38.7 Å². The number of aromatic hydroxyl groups is 1. The molecule has 0 bridgehead atoms. The maximum atomic E-state index is 10.7. The van der Waals surface area contributed by atoms with E-state index in [2.05, 4.69) is 48.0 Å². The molecule has 0 aromatic heterocycles. The van der Waals surface area contributed by atoms with Crippen LogP contribution in [0.5, 0.6) is 5.75 Å². The van der Waals surface area contributed by atoms with E-state index in [1.165, 1.54) is 19.3 Å². The predicted molar refractivity (Wildman–Crippen MR) is 117 cm³/mol. The largest absolute Gasteiger partial charge is 0.508 e. The fourth-order valence-corrected chi connectivity index (χ4v) is 3.72. The van der Waals surface area contributed by atoms with E-state index in [-0.39, 0.29) is 24.8 Å². The van der Waals surface area contributed by atoms with Gasteiger partial charge in [0.2, 0.25) is 0 Å². The first-order valence-electron chi connectivity index (χ1n) is 9.73. The van der Waals surface area contributed by atoms with Crippen LogP contribution in [0.4, 0.5) is 5.69 Å². The van der Waals surface area contributed by atoms with Crippen molar-refractivity contribution in [1.82, 2.24) is 10.2 Å². The second-order valence-corrected chi connectivity index (χ2v) is 6.71. The zero-order valence-corrected chi connectivity index (χ0v) is 18.2. The number of phenolic OH excluding ortho intramolecular Hbond substituents is 1. The van der Waals surface area contributed by atoms with Gasteiger partial charge in [0, 0.05) is 62.6 Å². The van der Waals surface area contributed by atoms with Crippen LogP contribution in [0, 0.1) is 0 Å². The van der Waals surface area contributed by atoms with Crippen molar-refractivity contribution in [1.29, 1.82) is 0 Å². The number of anilines is 1. The maximum Gasteiger partial charge on any atom is 0.122 e. The number of hydrogen-bond donors (Lipinski definition) is 2. The number of benzene rings is 1. The van der Waals surface area contributed by atoms with E-state index in [0.717, 1.165) is 56.9 Å². The number of rotatable bonds is 9. The first-order valence-corrected chi connectivity index (χ1v) is 9.73. The Hall–Kier alpha value is -0.680. The van der Waals surface area contributed by atoms with E-state index < -0.39 is 0 Å². The zero-order valence-electron chi connectivity index (χ0n) is 16.5. The van der Waals surface area contributed by atoms with Crippen LogP contribution in [0.2, 0.25) is 0 Å². The third-order valence-corrected chi connectivity index (χ3v) is 5.18. The molecular formula is C20H37Cl2N3O. The fraction of sp³-hybridized carbons (Fsp3) is 0.700. The van der Waals surface area contributed by atoms with Gasteiger partial charge in [-0.25, -0.2) is 0 Å². The number of nitrogens with one attached hydrogen (secondary N) is 1. The average Bonchev–Trinajstić information content (AvgIpc) is 2.61. The van der Waals surface area contributed by atoms with Gasteiger partial charge in [-0.15, -0.1) is 24.8 Å². The lowest BCUT2D eigenvalue weighted by Gasteiger charge is -2.36. The molecule has 1 heterocycles. The summed E-state index contributed by atoms with van der Waals surface area (Å²) in [6.45, 7) is 12.7. The first-order chi connectivity index (χ1) is 11.7. The van der Waals surface area contributed by atoms with Crippen LogP contribution in [0.1, 0.15) is 58.1 Å². The lowest BCUT2D eigenvalue weighted by molar-refractivity contribution is 0.160. The van der Waals surface area contributed by atoms with Crippen LogP contribution in [-0.2, 0) is 0 Å². The lowest BCUT2D eigenvalue weighted by atomic mass is 9.96. The molecule has 0 amide bonds. The molecule has 0 unspecified atom stereocenters. The Morgan fingerprint density at radius 1 is 1.08 bits per heavy atom. The second kappa shape index (κ2) is 13.5. The smallest absolute Gasteiger partial charge is 0.122 e. The number of piperazine rings is 1. The highest BCUT2D eigenvalue weighted by atomic mass is 35.5. The van der Waals surface area contributed by atoms with Gasteiger partial charge in [-0.2, -0.15) is 0 Å². The molecule has 1 fully saturated rings. The minimum Gasteiger partial charge on any atom is -0.508 e. The Morgan fingerprint density at radius 2 is 1.73 bits per heavy atom. The molecule has 26 heavy (non-hydrogen) atoms. The Bertz CT molecular complexity index is 492. The van der Waals surface area contributed by atoms with Gasteiger partial charge in [0.1, 0.15) is 5.75 Å². The molecular weight excluding hydrogens is 369 g/mol. The molecule has 1 aliphatic rings. The average molecular weight is 406 g/mol. The van der Waals surface area contributed by atoms with Crippen LogP contribution in [0.3, 0.4) is 0 Å². The number of hydrogen-bond acceptors (Lipinski definition) is 4. The summed E-state index contributed by atoms with van der Waals surface area (Å²) in [4.78, 5) is 4.82. The highest BCUT2D eigenvalue weighted by Crippen LogP contribution is 2.35. The van der Waals surface area contributed by atoms with Crippen molar-refractivity contribution in [3.63, 3.8) is 0 Å². The number of halogens is 2. The van der Waals surface area contributed by atoms with E-state index in [9.17, 15) is 5.11 Å². The molecule has 1 saturated heterocycles. The summed E-state index contributed by atoms with van der Waals surface area (Å²) in [7, 11) is 0. The van der Waals surface area contributed by atoms with E-state index in [0.29, 0.717) is 11.8 Å². The molecule has 1 aromatic rings. The van der Waals surface area contributed by atoms with Crippen LogP contribution in [0.25, 0.3) is 0 Å². The number of nitrogens with zero attached hydrogens (tertiary/aromatic N) is 2. The molecule has 4 nitrogen and oxygen atoms in total. The van der Waals surface area contributed by atoms with Gasteiger partial charge < -0.3 is 15.3 Å². The summed E-state index contributed by atoms with van der Waals surface area (Å²) >= 11 is 0. The highest BCUT2D eigenvalue weighted by molar-refractivity contribution is 5.85. The minimum absolute atomic E-state index is 0. The summed E-state index contributed by atoms with van der Waals surface area (Å²) < 4.78 is 0. The van der Waals surface area contributed by atoms with Gasteiger partial charge in [-0.1, -0.05) is 32.3 Å². The second-order valence-electron chi connectivity index (χ2n) is 6.71. The number of unbranched alkanes of at least 4 members (excludes halogenated alkanes) is 2. The summed E-state index contributed by atoms with van der Waals surface area (Å²) in [5, 5.41) is 14.2. The molecule has 6 heteroatoms. The van der Waals surface area contributed by atoms with Crippen molar-refractivity contribution < 1.29 is 5.11 Å². The summed E-state index contributed by atoms with van der Waals surface area (Å²) in [6, 6.07) is 6.63. The van der Waals surface area contributed by atoms with Crippen LogP contribution in [0.15, 0.2) is 18.2 Å². The molecule has 0 spiro atoms. The Labute approximate surface area is 172 Å². The highest BCUT2D eigenvalue weighted by Gasteiger charge is 2.24. The first kappa shape index (κ1) is 25.3. The fourth-order valence-electron chi connectivity index (χ4n) is 3.72. The molecule has 2 N–H and O–H groups in total. The van der Waals surface area contributed by atoms with E-state index >= 15 is 0 Å². The Balaban J connectivity index is 0.00000312. The van der Waals surface area contributed by atoms with Crippen LogP contribution < -0.4 is 10.2 Å². The van der Waals surface area contributed by atoms with Gasteiger partial charge in [-0.05, 0) is 26.3 Å². The van der Waals surface area contributed by atoms with Gasteiger partial charge in [-0.3, -0.25) is 4.90 Å². The van der Waals surface area contributed by atoms with Crippen molar-refractivity contribution in [2.24, 2.45) is 0 Å². The molecule has 152 valence electrons. The summed E-state index contributed by atoms with van der Waals surface area (Å²) in [5.41, 5.74) is 2.22. The lowest BCUT2D eigenvalue weighted by Crippen LogP contribution is -2.45. The Kier molecular flexibility index (Phi) is 13.1. The number of phenols is 1. The molecule has 0 aliphatic carbocycles. The SMILES string of the molecule is CCCCC[C@@H](c1ccc(N(CC)CC)cc1O)N1CCNCC1.Cl.Cl. The van der Waals surface area contributed by atoms with Crippen LogP contribution >= 0.6 is 24.8 Å². The van der Waals surface area contributed by atoms with E-state index in [4.69, 9.17) is 0 Å². The molecule has 1 atom stereocenters. The van der Waals surface area contributed by atoms with Crippen LogP contribution in [-0.4, -0.2) is 49.3 Å². The monoisotopic (exact) mass is 405 g/mol. The summed E-state index contributed by atoms with van der Waals surface area (Å²) in [5.74, 6) is 0.458. The van der Waals surface area contributed by atoms with Gasteiger partial charge >= 0.3 is 0 Å². The van der Waals surface area contributed by atoms with Crippen molar-refractivity contribution in [3.05, 3.63) is 23.8 Å². The van der Waals surface area contributed by atoms with E-state index in [1.807, 2.05) is 6.07 Å². The maximum absolute atomic E-state index is 10.7. The van der Waals surface area contributed by atoms with Crippen molar-refractivity contribution in [2.75, 3.05) is 44.2 Å². The van der Waals surface area contributed by atoms with Crippen molar-refractivity contribution in [2.45, 2.75) is 52.5 Å². The van der Waals surface area contributed by atoms with Crippen molar-refractivity contribution >= 4 is 30.5 Å². The molecule has 1 aliphatic heterocycles. The normalized spacial score (nSPS) is 15.7. The third-order valence-electron chi connectivity index (χ3n) is 5.18. The third kappa shape index (κ3) is 6.80. The van der Waals surface area contributed by atoms with Gasteiger partial charge in [0.15, 0.2) is 0 Å². The molecule has 0 radical (unpaired) electrons. The van der Waals surface area contributed by atoms with Crippen molar-refractivity contribution in [3.8, 4) is 5.75 Å². The van der Waals surface area contributed by atoms with E-state index in [1.54, 1.807) is 0 Å². The minimum atomic E-state index is 0. The quantitative estimate of drug-likeness (QED) is 0.588. The predicted octanol–water partition coefficient (Wildman–Crippen LogP) is 4.61. The van der Waals surface area contributed by atoms with Gasteiger partial charge in [0.05, 0.1) is 0 Å².